The molecule has 0 aliphatic rings. The molecular formula is C18H22N2O. The molecule has 3 heteroatoms. The molecule has 2 rings (SSSR count). The van der Waals surface area contributed by atoms with E-state index >= 15 is 0 Å². The molecular weight excluding hydrogens is 260 g/mol. The lowest BCUT2D eigenvalue weighted by molar-refractivity contribution is -0.124. The molecule has 0 aliphatic carbocycles. The first kappa shape index (κ1) is 15.2. The van der Waals surface area contributed by atoms with Crippen LogP contribution in [0.1, 0.15) is 33.1 Å². The number of allylic oxidation sites excluding steroid dienone is 1. The van der Waals surface area contributed by atoms with Gasteiger partial charge >= 0.3 is 0 Å². The molecule has 0 radical (unpaired) electrons. The number of anilines is 1. The number of para-hydroxylation sites is 1. The second-order valence-corrected chi connectivity index (χ2v) is 5.90. The lowest BCUT2D eigenvalue weighted by atomic mass is 9.86. The van der Waals surface area contributed by atoms with Crippen LogP contribution in [-0.2, 0) is 4.79 Å². The van der Waals surface area contributed by atoms with Gasteiger partial charge in [0.05, 0.1) is 11.2 Å². The third-order valence-electron chi connectivity index (χ3n) is 3.71. The number of aromatic nitrogens is 1. The van der Waals surface area contributed by atoms with E-state index in [1.807, 2.05) is 50.3 Å². The Hall–Kier alpha value is -2.16. The van der Waals surface area contributed by atoms with Crippen molar-refractivity contribution in [1.82, 2.24) is 4.98 Å². The quantitative estimate of drug-likeness (QED) is 0.623. The van der Waals surface area contributed by atoms with Crippen LogP contribution in [0.5, 0.6) is 0 Å². The Bertz CT molecular complexity index is 641. The maximum Gasteiger partial charge on any atom is 0.230 e. The highest BCUT2D eigenvalue weighted by molar-refractivity contribution is 6.02. The molecule has 0 saturated heterocycles. The van der Waals surface area contributed by atoms with Gasteiger partial charge in [-0.15, -0.1) is 6.58 Å². The number of fused-ring (bicyclic) bond motifs is 1. The number of rotatable bonds is 6. The number of pyridine rings is 1. The number of hydrogen-bond acceptors (Lipinski definition) is 2. The van der Waals surface area contributed by atoms with Gasteiger partial charge in [-0.3, -0.25) is 9.78 Å². The molecule has 0 atom stereocenters. The molecule has 1 heterocycles. The highest BCUT2D eigenvalue weighted by atomic mass is 16.2. The lowest BCUT2D eigenvalue weighted by Gasteiger charge is -2.23. The third-order valence-corrected chi connectivity index (χ3v) is 3.71. The normalized spacial score (nSPS) is 11.3. The van der Waals surface area contributed by atoms with Crippen molar-refractivity contribution in [1.29, 1.82) is 0 Å². The largest absolute Gasteiger partial charge is 0.324 e. The molecule has 1 amide bonds. The van der Waals surface area contributed by atoms with Gasteiger partial charge in [0.15, 0.2) is 0 Å². The summed E-state index contributed by atoms with van der Waals surface area (Å²) in [5.41, 5.74) is 1.20. The summed E-state index contributed by atoms with van der Waals surface area (Å²) >= 11 is 0. The van der Waals surface area contributed by atoms with Gasteiger partial charge in [0, 0.05) is 17.0 Å². The number of nitrogens with zero attached hydrogens (tertiary/aromatic N) is 1. The van der Waals surface area contributed by atoms with Gasteiger partial charge in [0.2, 0.25) is 5.91 Å². The topological polar surface area (TPSA) is 42.0 Å². The van der Waals surface area contributed by atoms with Crippen LogP contribution in [0.3, 0.4) is 0 Å². The molecule has 3 nitrogen and oxygen atoms in total. The maximum absolute atomic E-state index is 12.5. The van der Waals surface area contributed by atoms with Crippen molar-refractivity contribution in [2.45, 2.75) is 33.1 Å². The van der Waals surface area contributed by atoms with E-state index in [2.05, 4.69) is 16.9 Å². The van der Waals surface area contributed by atoms with Crippen LogP contribution in [0.15, 0.2) is 49.2 Å². The minimum absolute atomic E-state index is 0.0321. The number of nitrogens with one attached hydrogen (secondary N) is 1. The fourth-order valence-corrected chi connectivity index (χ4v) is 2.30. The van der Waals surface area contributed by atoms with E-state index < -0.39 is 5.41 Å². The van der Waals surface area contributed by atoms with Gasteiger partial charge < -0.3 is 5.32 Å². The molecule has 0 aliphatic heterocycles. The Morgan fingerprint density at radius 1 is 1.33 bits per heavy atom. The molecule has 0 saturated carbocycles. The first-order chi connectivity index (χ1) is 10.0. The Kier molecular flexibility index (Phi) is 4.73. The zero-order valence-corrected chi connectivity index (χ0v) is 12.7. The molecule has 1 aromatic carbocycles. The minimum atomic E-state index is -0.403. The Morgan fingerprint density at radius 2 is 2.10 bits per heavy atom. The lowest BCUT2D eigenvalue weighted by Crippen LogP contribution is -2.30. The highest BCUT2D eigenvalue weighted by Crippen LogP contribution is 2.27. The van der Waals surface area contributed by atoms with E-state index in [9.17, 15) is 4.79 Å². The van der Waals surface area contributed by atoms with E-state index in [0.29, 0.717) is 0 Å². The van der Waals surface area contributed by atoms with Gasteiger partial charge in [-0.1, -0.05) is 38.1 Å². The molecule has 2 aromatic rings. The smallest absolute Gasteiger partial charge is 0.230 e. The first-order valence-electron chi connectivity index (χ1n) is 7.31. The summed E-state index contributed by atoms with van der Waals surface area (Å²) in [4.78, 5) is 16.9. The number of amides is 1. The highest BCUT2D eigenvalue weighted by Gasteiger charge is 2.27. The van der Waals surface area contributed by atoms with Crippen LogP contribution in [0.4, 0.5) is 5.69 Å². The zero-order valence-electron chi connectivity index (χ0n) is 12.7. The zero-order chi connectivity index (χ0) is 15.3. The third kappa shape index (κ3) is 3.69. The molecule has 21 heavy (non-hydrogen) atoms. The van der Waals surface area contributed by atoms with Crippen LogP contribution in [0.25, 0.3) is 10.9 Å². The van der Waals surface area contributed by atoms with Gasteiger partial charge in [-0.05, 0) is 31.4 Å². The van der Waals surface area contributed by atoms with E-state index in [-0.39, 0.29) is 5.91 Å². The summed E-state index contributed by atoms with van der Waals surface area (Å²) in [7, 11) is 0. The molecule has 110 valence electrons. The number of carbonyl (C=O) groups excluding carboxylic acids is 1. The standard InChI is InChI=1S/C18H22N2O/c1-4-5-6-12-18(2,3)17(21)20-15-11-7-9-14-10-8-13-19-16(14)15/h4,7-11,13H,1,5-6,12H2,2-3H3,(H,20,21). The number of unbranched alkanes of at least 4 members (excludes halogenated alkanes) is 1. The Balaban J connectivity index is 2.16. The average molecular weight is 282 g/mol. The minimum Gasteiger partial charge on any atom is -0.324 e. The summed E-state index contributed by atoms with van der Waals surface area (Å²) in [6.45, 7) is 7.67. The average Bonchev–Trinajstić information content (AvgIpc) is 2.48. The van der Waals surface area contributed by atoms with Crippen LogP contribution in [-0.4, -0.2) is 10.9 Å². The van der Waals surface area contributed by atoms with E-state index in [1.165, 1.54) is 0 Å². The van der Waals surface area contributed by atoms with Gasteiger partial charge in [-0.2, -0.15) is 0 Å². The van der Waals surface area contributed by atoms with Crippen LogP contribution >= 0.6 is 0 Å². The molecule has 1 N–H and O–H groups in total. The molecule has 0 fully saturated rings. The van der Waals surface area contributed by atoms with Crippen LogP contribution in [0, 0.1) is 5.41 Å². The van der Waals surface area contributed by atoms with E-state index in [1.54, 1.807) is 6.20 Å². The number of hydrogen-bond donors (Lipinski definition) is 1. The second-order valence-electron chi connectivity index (χ2n) is 5.90. The molecule has 0 bridgehead atoms. The predicted molar refractivity (Wildman–Crippen MR) is 88.2 cm³/mol. The molecule has 0 unspecified atom stereocenters. The van der Waals surface area contributed by atoms with Crippen molar-refractivity contribution in [3.05, 3.63) is 49.2 Å². The number of benzene rings is 1. The van der Waals surface area contributed by atoms with Crippen molar-refractivity contribution in [3.8, 4) is 0 Å². The monoisotopic (exact) mass is 282 g/mol. The number of carbonyl (C=O) groups is 1. The van der Waals surface area contributed by atoms with E-state index in [0.717, 1.165) is 35.9 Å². The Morgan fingerprint density at radius 3 is 2.86 bits per heavy atom. The van der Waals surface area contributed by atoms with Crippen LogP contribution < -0.4 is 5.32 Å². The maximum atomic E-state index is 12.5. The first-order valence-corrected chi connectivity index (χ1v) is 7.31. The van der Waals surface area contributed by atoms with Crippen molar-refractivity contribution < 1.29 is 4.79 Å². The van der Waals surface area contributed by atoms with E-state index in [4.69, 9.17) is 0 Å². The summed E-state index contributed by atoms with van der Waals surface area (Å²) in [6, 6.07) is 9.71. The summed E-state index contributed by atoms with van der Waals surface area (Å²) < 4.78 is 0. The van der Waals surface area contributed by atoms with Crippen LogP contribution in [0.2, 0.25) is 0 Å². The Labute approximate surface area is 126 Å². The summed E-state index contributed by atoms with van der Waals surface area (Å²) in [5, 5.41) is 4.05. The van der Waals surface area contributed by atoms with Gasteiger partial charge in [0.1, 0.15) is 0 Å². The van der Waals surface area contributed by atoms with Crippen molar-refractivity contribution >= 4 is 22.5 Å². The van der Waals surface area contributed by atoms with Crippen molar-refractivity contribution in [3.63, 3.8) is 0 Å². The fourth-order valence-electron chi connectivity index (χ4n) is 2.30. The summed E-state index contributed by atoms with van der Waals surface area (Å²) in [5.74, 6) is 0.0321. The van der Waals surface area contributed by atoms with Gasteiger partial charge in [0.25, 0.3) is 0 Å². The molecule has 0 spiro atoms. The van der Waals surface area contributed by atoms with Crippen molar-refractivity contribution in [2.75, 3.05) is 5.32 Å². The summed E-state index contributed by atoms with van der Waals surface area (Å²) in [6.07, 6.45) is 6.38. The molecule has 1 aromatic heterocycles. The van der Waals surface area contributed by atoms with Crippen molar-refractivity contribution in [2.24, 2.45) is 5.41 Å². The predicted octanol–water partition coefficient (Wildman–Crippen LogP) is 4.56. The van der Waals surface area contributed by atoms with Gasteiger partial charge in [-0.25, -0.2) is 0 Å². The fraction of sp³-hybridized carbons (Fsp3) is 0.333. The SMILES string of the molecule is C=CCCCC(C)(C)C(=O)Nc1cccc2cccnc12. The second kappa shape index (κ2) is 6.53.